The SMILES string of the molecule is c1ccc2c(c1)Sc1cc3ccccc3cc1C21c2ccc(-n3c4ccccc4c4ccccc43)cc2-c2ccc(-n3c4ccccc4c4ccccc43)cc21. The lowest BCUT2D eigenvalue weighted by Crippen LogP contribution is -2.32. The number of hydrogen-bond acceptors (Lipinski definition) is 1. The summed E-state index contributed by atoms with van der Waals surface area (Å²) in [4.78, 5) is 2.62. The Bertz CT molecular complexity index is 3370. The molecule has 3 heterocycles. The molecule has 3 heteroatoms. The van der Waals surface area contributed by atoms with Crippen LogP contribution in [0.4, 0.5) is 0 Å². The van der Waals surface area contributed by atoms with Crippen molar-refractivity contribution >= 4 is 66.1 Å². The molecule has 0 N–H and O–H groups in total. The summed E-state index contributed by atoms with van der Waals surface area (Å²) in [6.07, 6.45) is 0. The van der Waals surface area contributed by atoms with Gasteiger partial charge in [-0.3, -0.25) is 0 Å². The molecule has 56 heavy (non-hydrogen) atoms. The van der Waals surface area contributed by atoms with Gasteiger partial charge in [-0.1, -0.05) is 139 Å². The second-order valence-electron chi connectivity index (χ2n) is 15.2. The van der Waals surface area contributed by atoms with Gasteiger partial charge in [0.2, 0.25) is 0 Å². The van der Waals surface area contributed by atoms with Crippen LogP contribution >= 0.6 is 11.8 Å². The van der Waals surface area contributed by atoms with Gasteiger partial charge in [-0.15, -0.1) is 0 Å². The van der Waals surface area contributed by atoms with Crippen LogP contribution in [-0.4, -0.2) is 9.13 Å². The van der Waals surface area contributed by atoms with Crippen molar-refractivity contribution < 1.29 is 0 Å². The van der Waals surface area contributed by atoms with E-state index in [2.05, 4.69) is 203 Å². The summed E-state index contributed by atoms with van der Waals surface area (Å²) in [6.45, 7) is 0. The maximum atomic E-state index is 2.51. The fourth-order valence-electron chi connectivity index (χ4n) is 10.3. The largest absolute Gasteiger partial charge is 0.309 e. The maximum absolute atomic E-state index is 2.51. The van der Waals surface area contributed by atoms with E-state index in [1.165, 1.54) is 109 Å². The predicted molar refractivity (Wildman–Crippen MR) is 234 cm³/mol. The second-order valence-corrected chi connectivity index (χ2v) is 16.3. The van der Waals surface area contributed by atoms with Crippen LogP contribution in [-0.2, 0) is 5.41 Å². The summed E-state index contributed by atoms with van der Waals surface area (Å²) >= 11 is 1.91. The number of benzene rings is 9. The van der Waals surface area contributed by atoms with E-state index in [0.717, 1.165) is 0 Å². The standard InChI is InChI=1S/C53H32N2S/c1-2-14-34-30-52-46(29-33(34)13-1)53(44-19-7-12-24-51(44)56-52)43-28-26-35(54-47-20-8-3-15-38(47)39-16-4-9-21-48(39)54)31-42(43)37-27-25-36(32-45(37)53)55-49-22-10-5-17-40(49)41-18-6-11-23-50(41)55/h1-32H. The van der Waals surface area contributed by atoms with E-state index >= 15 is 0 Å². The molecule has 0 fully saturated rings. The van der Waals surface area contributed by atoms with Gasteiger partial charge in [0.05, 0.1) is 27.5 Å². The first-order valence-corrected chi connectivity index (χ1v) is 20.2. The molecule has 11 aromatic rings. The van der Waals surface area contributed by atoms with Crippen molar-refractivity contribution in [3.05, 3.63) is 216 Å². The summed E-state index contributed by atoms with van der Waals surface area (Å²) in [5.41, 5.74) is 14.6. The highest BCUT2D eigenvalue weighted by molar-refractivity contribution is 7.99. The number of fused-ring (bicyclic) bond motifs is 16. The number of para-hydroxylation sites is 4. The van der Waals surface area contributed by atoms with Crippen LogP contribution in [0.15, 0.2) is 204 Å². The molecule has 1 atom stereocenters. The summed E-state index contributed by atoms with van der Waals surface area (Å²) in [5.74, 6) is 0. The molecule has 2 aromatic heterocycles. The summed E-state index contributed by atoms with van der Waals surface area (Å²) in [6, 6.07) is 72.7. The van der Waals surface area contributed by atoms with Crippen molar-refractivity contribution in [3.8, 4) is 22.5 Å². The average molecular weight is 729 g/mol. The molecule has 0 amide bonds. The Morgan fingerprint density at radius 2 is 0.821 bits per heavy atom. The minimum atomic E-state index is -0.528. The third kappa shape index (κ3) is 3.87. The van der Waals surface area contributed by atoms with Gasteiger partial charge in [-0.2, -0.15) is 0 Å². The highest BCUT2D eigenvalue weighted by Crippen LogP contribution is 2.63. The zero-order chi connectivity index (χ0) is 36.5. The Morgan fingerprint density at radius 1 is 0.321 bits per heavy atom. The van der Waals surface area contributed by atoms with E-state index in [-0.39, 0.29) is 0 Å². The molecular formula is C53H32N2S. The van der Waals surface area contributed by atoms with Crippen molar-refractivity contribution in [2.45, 2.75) is 15.2 Å². The summed E-state index contributed by atoms with van der Waals surface area (Å²) < 4.78 is 4.92. The first kappa shape index (κ1) is 30.5. The zero-order valence-corrected chi connectivity index (χ0v) is 31.1. The van der Waals surface area contributed by atoms with E-state index < -0.39 is 5.41 Å². The van der Waals surface area contributed by atoms with E-state index in [0.29, 0.717) is 0 Å². The zero-order valence-electron chi connectivity index (χ0n) is 30.3. The fraction of sp³-hybridized carbons (Fsp3) is 0.0189. The number of nitrogens with zero attached hydrogens (tertiary/aromatic N) is 2. The van der Waals surface area contributed by atoms with Crippen molar-refractivity contribution in [2.75, 3.05) is 0 Å². The van der Waals surface area contributed by atoms with Crippen molar-refractivity contribution in [3.63, 3.8) is 0 Å². The van der Waals surface area contributed by atoms with Crippen LogP contribution in [0, 0.1) is 0 Å². The van der Waals surface area contributed by atoms with Gasteiger partial charge in [0, 0.05) is 42.7 Å². The highest BCUT2D eigenvalue weighted by atomic mass is 32.2. The Hall–Kier alpha value is -6.81. The molecule has 1 aliphatic carbocycles. The van der Waals surface area contributed by atoms with Crippen LogP contribution in [0.3, 0.4) is 0 Å². The average Bonchev–Trinajstić information content (AvgIpc) is 3.87. The van der Waals surface area contributed by atoms with Crippen LogP contribution in [0.1, 0.15) is 22.3 Å². The molecule has 2 aliphatic rings. The second kappa shape index (κ2) is 11.1. The lowest BCUT2D eigenvalue weighted by Gasteiger charge is -2.40. The minimum Gasteiger partial charge on any atom is -0.309 e. The van der Waals surface area contributed by atoms with Gasteiger partial charge in [0.15, 0.2) is 0 Å². The first-order chi connectivity index (χ1) is 27.8. The molecule has 9 aromatic carbocycles. The van der Waals surface area contributed by atoms with Crippen LogP contribution in [0.25, 0.3) is 76.9 Å². The molecule has 13 rings (SSSR count). The molecule has 2 nitrogen and oxygen atoms in total. The molecule has 0 saturated carbocycles. The molecule has 1 aliphatic heterocycles. The van der Waals surface area contributed by atoms with Crippen molar-refractivity contribution in [2.24, 2.45) is 0 Å². The van der Waals surface area contributed by atoms with Crippen LogP contribution < -0.4 is 0 Å². The van der Waals surface area contributed by atoms with E-state index in [1.54, 1.807) is 0 Å². The topological polar surface area (TPSA) is 9.86 Å². The van der Waals surface area contributed by atoms with Gasteiger partial charge in [-0.05, 0) is 111 Å². The third-order valence-electron chi connectivity index (χ3n) is 12.5. The first-order valence-electron chi connectivity index (χ1n) is 19.3. The lowest BCUT2D eigenvalue weighted by molar-refractivity contribution is 0.723. The van der Waals surface area contributed by atoms with Gasteiger partial charge in [0.1, 0.15) is 0 Å². The van der Waals surface area contributed by atoms with E-state index in [9.17, 15) is 0 Å². The smallest absolute Gasteiger partial charge is 0.0736 e. The fourth-order valence-corrected chi connectivity index (χ4v) is 11.5. The Labute approximate surface area is 327 Å². The number of rotatable bonds is 2. The quantitative estimate of drug-likeness (QED) is 0.172. The van der Waals surface area contributed by atoms with E-state index in [1.807, 2.05) is 11.8 Å². The maximum Gasteiger partial charge on any atom is 0.0736 e. The summed E-state index contributed by atoms with van der Waals surface area (Å²) in [7, 11) is 0. The van der Waals surface area contributed by atoms with Crippen LogP contribution in [0.5, 0.6) is 0 Å². The Kier molecular flexibility index (Phi) is 6.06. The number of aromatic nitrogens is 2. The molecule has 0 saturated heterocycles. The van der Waals surface area contributed by atoms with E-state index in [4.69, 9.17) is 0 Å². The molecule has 1 unspecified atom stereocenters. The van der Waals surface area contributed by atoms with Crippen LogP contribution in [0.2, 0.25) is 0 Å². The molecule has 260 valence electrons. The Balaban J connectivity index is 1.17. The molecule has 0 bridgehead atoms. The monoisotopic (exact) mass is 728 g/mol. The summed E-state index contributed by atoms with van der Waals surface area (Å²) in [5, 5.41) is 7.63. The molecular weight excluding hydrogens is 697 g/mol. The minimum absolute atomic E-state index is 0.528. The highest BCUT2D eigenvalue weighted by Gasteiger charge is 2.50. The third-order valence-corrected chi connectivity index (χ3v) is 13.7. The normalized spacial score (nSPS) is 15.5. The number of hydrogen-bond donors (Lipinski definition) is 0. The van der Waals surface area contributed by atoms with Crippen molar-refractivity contribution in [1.29, 1.82) is 0 Å². The van der Waals surface area contributed by atoms with Gasteiger partial charge < -0.3 is 9.13 Å². The Morgan fingerprint density at radius 3 is 1.45 bits per heavy atom. The molecule has 1 spiro atoms. The van der Waals surface area contributed by atoms with Gasteiger partial charge in [0.25, 0.3) is 0 Å². The predicted octanol–water partition coefficient (Wildman–Crippen LogP) is 13.9. The lowest BCUT2D eigenvalue weighted by atomic mass is 9.67. The molecule has 0 radical (unpaired) electrons. The van der Waals surface area contributed by atoms with Gasteiger partial charge >= 0.3 is 0 Å². The van der Waals surface area contributed by atoms with Gasteiger partial charge in [-0.25, -0.2) is 0 Å². The van der Waals surface area contributed by atoms with Crippen molar-refractivity contribution in [1.82, 2.24) is 9.13 Å².